The van der Waals surface area contributed by atoms with Gasteiger partial charge in [-0.2, -0.15) is 0 Å². The molecule has 0 radical (unpaired) electrons. The monoisotopic (exact) mass is 283 g/mol. The Hall–Kier alpha value is -1.94. The third-order valence-electron chi connectivity index (χ3n) is 3.90. The fourth-order valence-electron chi connectivity index (χ4n) is 2.83. The molecule has 0 saturated heterocycles. The Morgan fingerprint density at radius 1 is 1.29 bits per heavy atom. The van der Waals surface area contributed by atoms with Gasteiger partial charge in [0, 0.05) is 18.7 Å². The molecule has 2 aromatic rings. The first-order valence-corrected chi connectivity index (χ1v) is 7.51. The van der Waals surface area contributed by atoms with Gasteiger partial charge in [-0.25, -0.2) is 9.97 Å². The van der Waals surface area contributed by atoms with Crippen molar-refractivity contribution in [2.75, 3.05) is 13.7 Å². The molecule has 0 saturated carbocycles. The zero-order valence-electron chi connectivity index (χ0n) is 12.6. The van der Waals surface area contributed by atoms with Crippen molar-refractivity contribution in [3.05, 3.63) is 52.6 Å². The molecule has 1 N–H and O–H groups in total. The van der Waals surface area contributed by atoms with Gasteiger partial charge in [-0.3, -0.25) is 0 Å². The average Bonchev–Trinajstić information content (AvgIpc) is 2.54. The van der Waals surface area contributed by atoms with Crippen LogP contribution in [-0.4, -0.2) is 23.6 Å². The molecule has 21 heavy (non-hydrogen) atoms. The van der Waals surface area contributed by atoms with Crippen molar-refractivity contribution in [2.24, 2.45) is 0 Å². The van der Waals surface area contributed by atoms with E-state index in [2.05, 4.69) is 18.3 Å². The van der Waals surface area contributed by atoms with E-state index in [9.17, 15) is 0 Å². The summed E-state index contributed by atoms with van der Waals surface area (Å²) in [7, 11) is 1.69. The number of nitrogens with one attached hydrogen (secondary N) is 1. The number of rotatable bonds is 4. The number of ether oxygens (including phenoxy) is 1. The second-order valence-electron chi connectivity index (χ2n) is 5.32. The summed E-state index contributed by atoms with van der Waals surface area (Å²) in [5, 5.41) is 3.39. The van der Waals surface area contributed by atoms with Crippen molar-refractivity contribution in [1.82, 2.24) is 15.3 Å². The van der Waals surface area contributed by atoms with Crippen LogP contribution in [0, 0.1) is 0 Å². The van der Waals surface area contributed by atoms with Gasteiger partial charge in [0.05, 0.1) is 12.8 Å². The third kappa shape index (κ3) is 3.05. The van der Waals surface area contributed by atoms with Crippen molar-refractivity contribution in [2.45, 2.75) is 32.7 Å². The SMILES string of the molecule is CCc1nc(Cc2cccc(OC)c2)nc2c1CCNC2. The normalized spacial score (nSPS) is 13.8. The summed E-state index contributed by atoms with van der Waals surface area (Å²) >= 11 is 0. The van der Waals surface area contributed by atoms with E-state index < -0.39 is 0 Å². The molecule has 0 spiro atoms. The molecule has 1 aromatic carbocycles. The largest absolute Gasteiger partial charge is 0.497 e. The van der Waals surface area contributed by atoms with Crippen molar-refractivity contribution in [1.29, 1.82) is 0 Å². The third-order valence-corrected chi connectivity index (χ3v) is 3.90. The molecule has 110 valence electrons. The van der Waals surface area contributed by atoms with Crippen LogP contribution in [0.15, 0.2) is 24.3 Å². The minimum Gasteiger partial charge on any atom is -0.497 e. The number of methoxy groups -OCH3 is 1. The first-order valence-electron chi connectivity index (χ1n) is 7.51. The summed E-state index contributed by atoms with van der Waals surface area (Å²) in [6.07, 6.45) is 2.76. The predicted octanol–water partition coefficient (Wildman–Crippen LogP) is 2.28. The number of hydrogen-bond donors (Lipinski definition) is 1. The van der Waals surface area contributed by atoms with Crippen LogP contribution < -0.4 is 10.1 Å². The van der Waals surface area contributed by atoms with Crippen LogP contribution in [-0.2, 0) is 25.8 Å². The van der Waals surface area contributed by atoms with Gasteiger partial charge in [0.2, 0.25) is 0 Å². The molecule has 4 nitrogen and oxygen atoms in total. The maximum absolute atomic E-state index is 5.28. The lowest BCUT2D eigenvalue weighted by Gasteiger charge is -2.19. The minimum atomic E-state index is 0.747. The summed E-state index contributed by atoms with van der Waals surface area (Å²) in [5.74, 6) is 1.78. The Morgan fingerprint density at radius 3 is 3.00 bits per heavy atom. The molecule has 0 aliphatic carbocycles. The predicted molar refractivity (Wildman–Crippen MR) is 82.6 cm³/mol. The van der Waals surface area contributed by atoms with Gasteiger partial charge in [-0.1, -0.05) is 19.1 Å². The lowest BCUT2D eigenvalue weighted by atomic mass is 10.0. The topological polar surface area (TPSA) is 47.0 Å². The smallest absolute Gasteiger partial charge is 0.133 e. The summed E-state index contributed by atoms with van der Waals surface area (Å²) in [6, 6.07) is 8.11. The molecule has 0 atom stereocenters. The molecule has 0 fully saturated rings. The lowest BCUT2D eigenvalue weighted by molar-refractivity contribution is 0.414. The summed E-state index contributed by atoms with van der Waals surface area (Å²) in [4.78, 5) is 9.53. The van der Waals surface area contributed by atoms with Crippen LogP contribution in [0.3, 0.4) is 0 Å². The van der Waals surface area contributed by atoms with E-state index in [1.807, 2.05) is 18.2 Å². The fourth-order valence-corrected chi connectivity index (χ4v) is 2.83. The molecule has 0 bridgehead atoms. The Labute approximate surface area is 125 Å². The van der Waals surface area contributed by atoms with E-state index in [0.29, 0.717) is 0 Å². The van der Waals surface area contributed by atoms with Gasteiger partial charge in [0.15, 0.2) is 0 Å². The highest BCUT2D eigenvalue weighted by Gasteiger charge is 2.16. The van der Waals surface area contributed by atoms with E-state index in [0.717, 1.165) is 43.9 Å². The summed E-state index contributed by atoms with van der Waals surface area (Å²) < 4.78 is 5.28. The van der Waals surface area contributed by atoms with Gasteiger partial charge >= 0.3 is 0 Å². The Kier molecular flexibility index (Phi) is 4.15. The number of aryl methyl sites for hydroxylation is 1. The zero-order chi connectivity index (χ0) is 14.7. The van der Waals surface area contributed by atoms with Crippen LogP contribution in [0.25, 0.3) is 0 Å². The van der Waals surface area contributed by atoms with E-state index in [1.54, 1.807) is 7.11 Å². The van der Waals surface area contributed by atoms with E-state index in [1.165, 1.54) is 22.5 Å². The number of aromatic nitrogens is 2. The first kappa shape index (κ1) is 14.0. The minimum absolute atomic E-state index is 0.747. The van der Waals surface area contributed by atoms with E-state index >= 15 is 0 Å². The van der Waals surface area contributed by atoms with Crippen LogP contribution in [0.5, 0.6) is 5.75 Å². The van der Waals surface area contributed by atoms with Gasteiger partial charge in [-0.15, -0.1) is 0 Å². The highest BCUT2D eigenvalue weighted by atomic mass is 16.5. The molecule has 3 rings (SSSR count). The van der Waals surface area contributed by atoms with Gasteiger partial charge in [-0.05, 0) is 42.6 Å². The van der Waals surface area contributed by atoms with Crippen molar-refractivity contribution < 1.29 is 4.74 Å². The van der Waals surface area contributed by atoms with E-state index in [4.69, 9.17) is 14.7 Å². The second-order valence-corrected chi connectivity index (χ2v) is 5.32. The number of hydrogen-bond acceptors (Lipinski definition) is 4. The van der Waals surface area contributed by atoms with Crippen LogP contribution in [0.1, 0.15) is 35.3 Å². The van der Waals surface area contributed by atoms with Crippen LogP contribution >= 0.6 is 0 Å². The Balaban J connectivity index is 1.91. The summed E-state index contributed by atoms with van der Waals surface area (Å²) in [5.41, 5.74) is 4.91. The quantitative estimate of drug-likeness (QED) is 0.935. The van der Waals surface area contributed by atoms with Crippen molar-refractivity contribution >= 4 is 0 Å². The number of benzene rings is 1. The van der Waals surface area contributed by atoms with Crippen LogP contribution in [0.4, 0.5) is 0 Å². The first-order chi connectivity index (χ1) is 10.3. The van der Waals surface area contributed by atoms with Gasteiger partial charge < -0.3 is 10.1 Å². The maximum Gasteiger partial charge on any atom is 0.133 e. The Bertz CT molecular complexity index is 623. The van der Waals surface area contributed by atoms with Crippen molar-refractivity contribution in [3.8, 4) is 5.75 Å². The highest BCUT2D eigenvalue weighted by molar-refractivity contribution is 5.32. The highest BCUT2D eigenvalue weighted by Crippen LogP contribution is 2.19. The molecule has 1 aromatic heterocycles. The Morgan fingerprint density at radius 2 is 2.19 bits per heavy atom. The molecule has 1 aliphatic heterocycles. The standard InChI is InChI=1S/C17H21N3O/c1-3-15-14-7-8-18-11-16(14)20-17(19-15)10-12-5-4-6-13(9-12)21-2/h4-6,9,18H,3,7-8,10-11H2,1-2H3. The van der Waals surface area contributed by atoms with Crippen LogP contribution in [0.2, 0.25) is 0 Å². The number of nitrogens with zero attached hydrogens (tertiary/aromatic N) is 2. The molecule has 1 aliphatic rings. The van der Waals surface area contributed by atoms with Gasteiger partial charge in [0.1, 0.15) is 11.6 Å². The van der Waals surface area contributed by atoms with Crippen molar-refractivity contribution in [3.63, 3.8) is 0 Å². The average molecular weight is 283 g/mol. The lowest BCUT2D eigenvalue weighted by Crippen LogP contribution is -2.27. The molecular formula is C17H21N3O. The summed E-state index contributed by atoms with van der Waals surface area (Å²) in [6.45, 7) is 4.05. The molecule has 2 heterocycles. The molecule has 0 unspecified atom stereocenters. The van der Waals surface area contributed by atoms with E-state index in [-0.39, 0.29) is 0 Å². The maximum atomic E-state index is 5.28. The second kappa shape index (κ2) is 6.22. The van der Waals surface area contributed by atoms with Gasteiger partial charge in [0.25, 0.3) is 0 Å². The number of fused-ring (bicyclic) bond motifs is 1. The molecule has 0 amide bonds. The fraction of sp³-hybridized carbons (Fsp3) is 0.412. The zero-order valence-corrected chi connectivity index (χ0v) is 12.6. The molecule has 4 heteroatoms. The molecular weight excluding hydrogens is 262 g/mol.